The van der Waals surface area contributed by atoms with Crippen molar-refractivity contribution in [1.82, 2.24) is 0 Å². The third kappa shape index (κ3) is 3.09. The molecule has 0 aromatic heterocycles. The predicted octanol–water partition coefficient (Wildman–Crippen LogP) is 2.08. The van der Waals surface area contributed by atoms with Gasteiger partial charge in [-0.25, -0.2) is 18.0 Å². The Kier molecular flexibility index (Phi) is 4.08. The molecule has 0 fully saturated rings. The van der Waals surface area contributed by atoms with Crippen LogP contribution in [-0.2, 0) is 0 Å². The molecule has 0 aliphatic rings. The van der Waals surface area contributed by atoms with Crippen molar-refractivity contribution in [3.8, 4) is 5.75 Å². The molecule has 0 aliphatic carbocycles. The molecule has 1 aromatic carbocycles. The number of carbonyl (C=O) groups is 1. The van der Waals surface area contributed by atoms with Crippen LogP contribution in [0.4, 0.5) is 18.9 Å². The van der Waals surface area contributed by atoms with Crippen molar-refractivity contribution < 1.29 is 32.7 Å². The Hall–Kier alpha value is -2.32. The van der Waals surface area contributed by atoms with E-state index in [4.69, 9.17) is 5.11 Å². The number of rotatable bonds is 5. The number of carboxylic acids is 1. The van der Waals surface area contributed by atoms with Crippen LogP contribution in [0, 0.1) is 15.9 Å². The lowest BCUT2D eigenvalue weighted by molar-refractivity contribution is -0.386. The minimum atomic E-state index is -2.90. The maximum Gasteiger partial charge on any atom is 0.338 e. The predicted molar refractivity (Wildman–Crippen MR) is 51.5 cm³/mol. The molecular formula is C9H6F3NO5. The number of hydrogen-bond donors (Lipinski definition) is 1. The van der Waals surface area contributed by atoms with Gasteiger partial charge in [-0.3, -0.25) is 10.1 Å². The fourth-order valence-electron chi connectivity index (χ4n) is 1.12. The van der Waals surface area contributed by atoms with Gasteiger partial charge in [0.1, 0.15) is 18.0 Å². The van der Waals surface area contributed by atoms with Gasteiger partial charge in [0, 0.05) is 12.1 Å². The SMILES string of the molecule is O=C(O)c1cc([N+](=O)[O-])c(OCC(F)F)cc1F. The number of hydrogen-bond acceptors (Lipinski definition) is 4. The summed E-state index contributed by atoms with van der Waals surface area (Å²) in [5.74, 6) is -3.77. The number of nitrogens with zero attached hydrogens (tertiary/aromatic N) is 1. The Morgan fingerprint density at radius 3 is 2.56 bits per heavy atom. The quantitative estimate of drug-likeness (QED) is 0.650. The second-order valence-corrected chi connectivity index (χ2v) is 3.06. The first kappa shape index (κ1) is 13.7. The fraction of sp³-hybridized carbons (Fsp3) is 0.222. The molecule has 0 heterocycles. The van der Waals surface area contributed by atoms with Crippen LogP contribution in [0.1, 0.15) is 10.4 Å². The van der Waals surface area contributed by atoms with Crippen LogP contribution in [-0.4, -0.2) is 29.0 Å². The molecule has 18 heavy (non-hydrogen) atoms. The molecule has 98 valence electrons. The maximum absolute atomic E-state index is 13.2. The number of ether oxygens (including phenoxy) is 1. The number of carboxylic acid groups (broad SMARTS) is 1. The summed E-state index contributed by atoms with van der Waals surface area (Å²) in [6, 6.07) is 0.808. The Morgan fingerprint density at radius 2 is 2.11 bits per heavy atom. The molecule has 6 nitrogen and oxygen atoms in total. The standard InChI is InChI=1S/C9H6F3NO5/c10-5-2-7(18-3-8(11)12)6(13(16)17)1-4(5)9(14)15/h1-2,8H,3H2,(H,14,15). The van der Waals surface area contributed by atoms with Crippen LogP contribution >= 0.6 is 0 Å². The highest BCUT2D eigenvalue weighted by Gasteiger charge is 2.23. The summed E-state index contributed by atoms with van der Waals surface area (Å²) in [4.78, 5) is 20.1. The highest BCUT2D eigenvalue weighted by atomic mass is 19.3. The highest BCUT2D eigenvalue weighted by molar-refractivity contribution is 5.89. The number of benzene rings is 1. The van der Waals surface area contributed by atoms with Gasteiger partial charge in [-0.15, -0.1) is 0 Å². The van der Waals surface area contributed by atoms with E-state index in [9.17, 15) is 28.1 Å². The van der Waals surface area contributed by atoms with Crippen LogP contribution in [0.15, 0.2) is 12.1 Å². The largest absolute Gasteiger partial charge is 0.481 e. The van der Waals surface area contributed by atoms with E-state index in [-0.39, 0.29) is 0 Å². The first-order valence-electron chi connectivity index (χ1n) is 4.45. The molecule has 0 atom stereocenters. The summed E-state index contributed by atoms with van der Waals surface area (Å²) in [6.45, 7) is -1.16. The third-order valence-electron chi connectivity index (χ3n) is 1.84. The van der Waals surface area contributed by atoms with Crippen molar-refractivity contribution in [3.63, 3.8) is 0 Å². The minimum absolute atomic E-state index is 0.393. The topological polar surface area (TPSA) is 89.7 Å². The molecule has 0 amide bonds. The van der Waals surface area contributed by atoms with Crippen LogP contribution in [0.5, 0.6) is 5.75 Å². The van der Waals surface area contributed by atoms with Crippen molar-refractivity contribution in [1.29, 1.82) is 0 Å². The first-order chi connectivity index (χ1) is 8.32. The van der Waals surface area contributed by atoms with E-state index >= 15 is 0 Å². The summed E-state index contributed by atoms with van der Waals surface area (Å²) in [6.07, 6.45) is -2.90. The molecule has 1 aromatic rings. The lowest BCUT2D eigenvalue weighted by Crippen LogP contribution is -2.10. The van der Waals surface area contributed by atoms with Crippen LogP contribution in [0.2, 0.25) is 0 Å². The Labute approximate surface area is 97.7 Å². The molecule has 0 unspecified atom stereocenters. The van der Waals surface area contributed by atoms with Gasteiger partial charge in [0.15, 0.2) is 5.75 Å². The molecule has 1 rings (SSSR count). The third-order valence-corrected chi connectivity index (χ3v) is 1.84. The van der Waals surface area contributed by atoms with Gasteiger partial charge in [0.25, 0.3) is 6.43 Å². The summed E-state index contributed by atoms with van der Waals surface area (Å²) in [5, 5.41) is 19.1. The lowest BCUT2D eigenvalue weighted by Gasteiger charge is -2.07. The van der Waals surface area contributed by atoms with Gasteiger partial charge in [0.2, 0.25) is 0 Å². The van der Waals surface area contributed by atoms with Crippen molar-refractivity contribution in [2.45, 2.75) is 6.43 Å². The monoisotopic (exact) mass is 265 g/mol. The molecule has 0 bridgehead atoms. The Balaban J connectivity index is 3.20. The Morgan fingerprint density at radius 1 is 1.50 bits per heavy atom. The number of nitro benzene ring substituents is 1. The lowest BCUT2D eigenvalue weighted by atomic mass is 10.1. The number of nitro groups is 1. The molecule has 0 radical (unpaired) electrons. The average molecular weight is 265 g/mol. The zero-order valence-electron chi connectivity index (χ0n) is 8.60. The molecule has 0 spiro atoms. The van der Waals surface area contributed by atoms with E-state index in [2.05, 4.69) is 4.74 Å². The first-order valence-corrected chi connectivity index (χ1v) is 4.45. The van der Waals surface area contributed by atoms with Crippen LogP contribution in [0.25, 0.3) is 0 Å². The highest BCUT2D eigenvalue weighted by Crippen LogP contribution is 2.30. The van der Waals surface area contributed by atoms with Crippen molar-refractivity contribution >= 4 is 11.7 Å². The zero-order chi connectivity index (χ0) is 13.9. The smallest absolute Gasteiger partial charge is 0.338 e. The van der Waals surface area contributed by atoms with Gasteiger partial charge in [0.05, 0.1) is 4.92 Å². The van der Waals surface area contributed by atoms with Gasteiger partial charge in [-0.2, -0.15) is 0 Å². The normalized spacial score (nSPS) is 10.4. The van der Waals surface area contributed by atoms with Gasteiger partial charge in [-0.1, -0.05) is 0 Å². The van der Waals surface area contributed by atoms with E-state index < -0.39 is 46.7 Å². The molecule has 0 saturated heterocycles. The van der Waals surface area contributed by atoms with E-state index in [0.717, 1.165) is 0 Å². The van der Waals surface area contributed by atoms with E-state index in [1.165, 1.54) is 0 Å². The fourth-order valence-corrected chi connectivity index (χ4v) is 1.12. The van der Waals surface area contributed by atoms with Crippen molar-refractivity contribution in [2.24, 2.45) is 0 Å². The number of halogens is 3. The summed E-state index contributed by atoms with van der Waals surface area (Å²) in [5.41, 5.74) is -1.83. The number of alkyl halides is 2. The van der Waals surface area contributed by atoms with Gasteiger partial charge < -0.3 is 9.84 Å². The average Bonchev–Trinajstić information content (AvgIpc) is 2.25. The van der Waals surface area contributed by atoms with Gasteiger partial charge in [-0.05, 0) is 0 Å². The summed E-state index contributed by atoms with van der Waals surface area (Å²) >= 11 is 0. The molecule has 1 N–H and O–H groups in total. The summed E-state index contributed by atoms with van der Waals surface area (Å²) < 4.78 is 41.3. The van der Waals surface area contributed by atoms with Gasteiger partial charge >= 0.3 is 11.7 Å². The van der Waals surface area contributed by atoms with E-state index in [1.807, 2.05) is 0 Å². The van der Waals surface area contributed by atoms with E-state index in [0.29, 0.717) is 12.1 Å². The Bertz CT molecular complexity index is 491. The molecular weight excluding hydrogens is 259 g/mol. The molecule has 9 heteroatoms. The van der Waals surface area contributed by atoms with E-state index in [1.54, 1.807) is 0 Å². The van der Waals surface area contributed by atoms with Crippen molar-refractivity contribution in [3.05, 3.63) is 33.6 Å². The summed E-state index contributed by atoms with van der Waals surface area (Å²) in [7, 11) is 0. The second kappa shape index (κ2) is 5.34. The minimum Gasteiger partial charge on any atom is -0.481 e. The molecule has 0 saturated carbocycles. The van der Waals surface area contributed by atoms with Crippen LogP contribution < -0.4 is 4.74 Å². The second-order valence-electron chi connectivity index (χ2n) is 3.06. The number of aromatic carboxylic acids is 1. The molecule has 0 aliphatic heterocycles. The van der Waals surface area contributed by atoms with Crippen LogP contribution in [0.3, 0.4) is 0 Å². The van der Waals surface area contributed by atoms with Crippen molar-refractivity contribution in [2.75, 3.05) is 6.61 Å². The zero-order valence-corrected chi connectivity index (χ0v) is 8.60. The maximum atomic E-state index is 13.2.